The number of rotatable bonds is 10. The third-order valence-electron chi connectivity index (χ3n) is 6.57. The van der Waals surface area contributed by atoms with Gasteiger partial charge in [-0.2, -0.15) is 0 Å². The number of nitrogens with zero attached hydrogens (tertiary/aromatic N) is 4. The number of carbonyl (C=O) groups is 2. The predicted molar refractivity (Wildman–Crippen MR) is 156 cm³/mol. The van der Waals surface area contributed by atoms with Crippen LogP contribution in [0.25, 0.3) is 11.1 Å². The van der Waals surface area contributed by atoms with Crippen molar-refractivity contribution in [1.29, 1.82) is 0 Å². The lowest BCUT2D eigenvalue weighted by Crippen LogP contribution is -2.37. The minimum Gasteiger partial charge on any atom is -0.445 e. The number of halogens is 1. The summed E-state index contributed by atoms with van der Waals surface area (Å²) >= 11 is 0. The predicted octanol–water partition coefficient (Wildman–Crippen LogP) is 3.42. The third kappa shape index (κ3) is 7.36. The first-order valence-corrected chi connectivity index (χ1v) is 15.5. The van der Waals surface area contributed by atoms with Crippen LogP contribution in [0.1, 0.15) is 11.3 Å². The van der Waals surface area contributed by atoms with Crippen LogP contribution in [-0.4, -0.2) is 69.6 Å². The van der Waals surface area contributed by atoms with Crippen LogP contribution in [0.2, 0.25) is 0 Å². The number of amides is 2. The van der Waals surface area contributed by atoms with E-state index in [1.807, 2.05) is 0 Å². The van der Waals surface area contributed by atoms with Crippen LogP contribution >= 0.6 is 16.1 Å². The van der Waals surface area contributed by atoms with E-state index >= 15 is 4.39 Å². The number of carbonyl (C=O) groups excluding carboxylic acids is 2. The molecule has 2 atom stereocenters. The molecule has 1 saturated heterocycles. The van der Waals surface area contributed by atoms with E-state index in [1.165, 1.54) is 47.5 Å². The normalized spacial score (nSPS) is 17.5. The van der Waals surface area contributed by atoms with Crippen molar-refractivity contribution in [3.63, 3.8) is 0 Å². The van der Waals surface area contributed by atoms with Crippen molar-refractivity contribution in [2.75, 3.05) is 30.4 Å². The van der Waals surface area contributed by atoms with E-state index in [2.05, 4.69) is 26.4 Å². The Bertz CT molecular complexity index is 1640. The number of hydrogen-bond acceptors (Lipinski definition) is 11. The van der Waals surface area contributed by atoms with Gasteiger partial charge in [-0.15, -0.1) is 10.2 Å². The van der Waals surface area contributed by atoms with Crippen molar-refractivity contribution in [3.8, 4) is 11.1 Å². The molecule has 1 aromatic heterocycles. The van der Waals surface area contributed by atoms with Gasteiger partial charge in [0.2, 0.25) is 0 Å². The first-order valence-electron chi connectivity index (χ1n) is 13.0. The number of aromatic nitrogens is 1. The third-order valence-corrected chi connectivity index (χ3v) is 9.14. The molecule has 3 heterocycles. The molecular weight excluding hydrogens is 619 g/mol. The van der Waals surface area contributed by atoms with Gasteiger partial charge in [0.1, 0.15) is 23.5 Å². The number of hydrogen-bond donors (Lipinski definition) is 5. The maximum Gasteiger partial charge on any atom is 0.414 e. The Morgan fingerprint density at radius 1 is 1.25 bits per heavy atom. The minimum atomic E-state index is -4.53. The summed E-state index contributed by atoms with van der Waals surface area (Å²) in [6, 6.07) is 13.8. The summed E-state index contributed by atoms with van der Waals surface area (Å²) in [4.78, 5) is 48.8. The van der Waals surface area contributed by atoms with Gasteiger partial charge in [0.25, 0.3) is 0 Å². The average molecular weight is 645 g/mol. The topological polar surface area (TPSA) is 195 Å². The van der Waals surface area contributed by atoms with E-state index in [4.69, 9.17) is 9.47 Å². The van der Waals surface area contributed by atoms with Crippen LogP contribution < -0.4 is 21.2 Å². The zero-order chi connectivity index (χ0) is 31.4. The zero-order valence-corrected chi connectivity index (χ0v) is 24.7. The molecule has 15 nitrogen and oxygen atoms in total. The molecule has 5 N–H and O–H groups in total. The van der Waals surface area contributed by atoms with Crippen LogP contribution in [0.4, 0.5) is 25.4 Å². The standard InChI is InChI=1S/C26H26FN7O8P2/c1-33-31-24(30-32-33)22-9-4-16(12-28-22)20-8-7-18(11-21(20)27)34-13-19(42-26(34)36)14-41-25(35)29-17-5-2-15(3-6-17)10-23(43-37)44(38,39)40/h2-9,11-12,19,23,32H,10,13-14H2,1H3,(H,29,35)(H,30,31)(H2,38,39,40)/t19-,23?/m1/s1. The van der Waals surface area contributed by atoms with Gasteiger partial charge >= 0.3 is 19.8 Å². The average Bonchev–Trinajstić information content (AvgIpc) is 3.60. The lowest BCUT2D eigenvalue weighted by Gasteiger charge is -2.15. The molecule has 0 saturated carbocycles. The molecule has 1 unspecified atom stereocenters. The SMILES string of the molecule is CN1NN=C(c2ccc(-c3ccc(N4C[C@H](COC(=O)Nc5ccc(CC(P=O)P(=O)(O)O)cc5)OC4=O)cc3F)cn2)N1. The van der Waals surface area contributed by atoms with Crippen LogP contribution in [0.15, 0.2) is 65.9 Å². The Kier molecular flexibility index (Phi) is 9.18. The van der Waals surface area contributed by atoms with Crippen molar-refractivity contribution >= 4 is 45.5 Å². The molecule has 230 valence electrons. The van der Waals surface area contributed by atoms with Gasteiger partial charge in [0.15, 0.2) is 20.4 Å². The van der Waals surface area contributed by atoms with Crippen LogP contribution in [-0.2, 0) is 25.0 Å². The summed E-state index contributed by atoms with van der Waals surface area (Å²) in [5.74, 6) is -0.0567. The van der Waals surface area contributed by atoms with Gasteiger partial charge in [-0.05, 0) is 48.4 Å². The van der Waals surface area contributed by atoms with Gasteiger partial charge in [0.05, 0.1) is 12.2 Å². The molecule has 18 heteroatoms. The van der Waals surface area contributed by atoms with Gasteiger partial charge in [-0.3, -0.25) is 29.8 Å². The van der Waals surface area contributed by atoms with E-state index < -0.39 is 45.6 Å². The summed E-state index contributed by atoms with van der Waals surface area (Å²) in [6.45, 7) is -0.240. The number of ether oxygens (including phenoxy) is 2. The van der Waals surface area contributed by atoms with Crippen LogP contribution in [0.3, 0.4) is 0 Å². The van der Waals surface area contributed by atoms with Crippen molar-refractivity contribution in [3.05, 3.63) is 77.9 Å². The molecule has 2 aliphatic heterocycles. The highest BCUT2D eigenvalue weighted by Crippen LogP contribution is 2.48. The second kappa shape index (κ2) is 13.0. The van der Waals surface area contributed by atoms with Crippen molar-refractivity contribution < 1.29 is 42.4 Å². The van der Waals surface area contributed by atoms with Crippen molar-refractivity contribution in [1.82, 2.24) is 21.1 Å². The van der Waals surface area contributed by atoms with E-state index in [9.17, 15) is 28.5 Å². The van der Waals surface area contributed by atoms with Gasteiger partial charge in [0, 0.05) is 30.1 Å². The first-order chi connectivity index (χ1) is 21.0. The minimum absolute atomic E-state index is 0.0211. The van der Waals surface area contributed by atoms with E-state index in [-0.39, 0.29) is 30.8 Å². The number of hydrazine groups is 2. The maximum absolute atomic E-state index is 15.1. The Hall–Kier alpha value is -4.46. The fraction of sp³-hybridized carbons (Fsp3) is 0.231. The molecule has 5 rings (SSSR count). The number of cyclic esters (lactones) is 1. The molecule has 0 bridgehead atoms. The molecule has 2 aliphatic rings. The number of amidine groups is 1. The Labute approximate surface area is 251 Å². The molecule has 44 heavy (non-hydrogen) atoms. The molecule has 1 fully saturated rings. The number of nitrogens with one attached hydrogen (secondary N) is 3. The molecule has 3 aromatic rings. The molecular formula is C26H26FN7O8P2. The van der Waals surface area contributed by atoms with Gasteiger partial charge < -0.3 is 19.3 Å². The number of benzene rings is 2. The first kappa shape index (κ1) is 31.0. The highest BCUT2D eigenvalue weighted by atomic mass is 31.2. The van der Waals surface area contributed by atoms with E-state index in [0.717, 1.165) is 0 Å². The summed E-state index contributed by atoms with van der Waals surface area (Å²) in [5, 5.41) is 6.76. The maximum atomic E-state index is 15.1. The van der Waals surface area contributed by atoms with Crippen molar-refractivity contribution in [2.45, 2.75) is 17.9 Å². The lowest BCUT2D eigenvalue weighted by atomic mass is 10.1. The second-order valence-electron chi connectivity index (χ2n) is 9.74. The quantitative estimate of drug-likeness (QED) is 0.202. The largest absolute Gasteiger partial charge is 0.445 e. The number of pyridine rings is 1. The van der Waals surface area contributed by atoms with E-state index in [0.29, 0.717) is 28.3 Å². The summed E-state index contributed by atoms with van der Waals surface area (Å²) in [5.41, 5.74) is 8.16. The fourth-order valence-electron chi connectivity index (χ4n) is 4.34. The van der Waals surface area contributed by atoms with Crippen LogP contribution in [0, 0.1) is 5.82 Å². The summed E-state index contributed by atoms with van der Waals surface area (Å²) < 4.78 is 48.0. The Morgan fingerprint density at radius 3 is 2.64 bits per heavy atom. The summed E-state index contributed by atoms with van der Waals surface area (Å²) in [6.07, 6.45) is -0.949. The number of anilines is 2. The van der Waals surface area contributed by atoms with Gasteiger partial charge in [-0.1, -0.05) is 18.2 Å². The Balaban J connectivity index is 1.13. The summed E-state index contributed by atoms with van der Waals surface area (Å²) in [7, 11) is -3.46. The zero-order valence-electron chi connectivity index (χ0n) is 23.0. The smallest absolute Gasteiger partial charge is 0.414 e. The monoisotopic (exact) mass is 645 g/mol. The van der Waals surface area contributed by atoms with Crippen LogP contribution in [0.5, 0.6) is 0 Å². The molecule has 0 aliphatic carbocycles. The Morgan fingerprint density at radius 2 is 2.02 bits per heavy atom. The highest BCUT2D eigenvalue weighted by Gasteiger charge is 2.34. The van der Waals surface area contributed by atoms with Gasteiger partial charge in [-0.25, -0.2) is 19.5 Å². The molecule has 0 spiro atoms. The highest BCUT2D eigenvalue weighted by molar-refractivity contribution is 7.61. The fourth-order valence-corrected chi connectivity index (χ4v) is 5.57. The van der Waals surface area contributed by atoms with Crippen molar-refractivity contribution in [2.24, 2.45) is 5.10 Å². The molecule has 0 radical (unpaired) electrons. The lowest BCUT2D eigenvalue weighted by molar-refractivity contribution is 0.0798. The molecule has 2 amide bonds. The molecule has 2 aromatic carbocycles. The van der Waals surface area contributed by atoms with E-state index in [1.54, 1.807) is 30.4 Å². The second-order valence-corrected chi connectivity index (χ2v) is 12.8. The number of hydrazone groups is 1.